The summed E-state index contributed by atoms with van der Waals surface area (Å²) in [6, 6.07) is 4.96. The van der Waals surface area contributed by atoms with Gasteiger partial charge < -0.3 is 9.26 Å². The van der Waals surface area contributed by atoms with Crippen LogP contribution < -0.4 is 4.74 Å². The molecular weight excluding hydrogens is 199 g/mol. The Morgan fingerprint density at radius 3 is 3.07 bits per heavy atom. The van der Waals surface area contributed by atoms with Crippen LogP contribution >= 0.6 is 0 Å². The van der Waals surface area contributed by atoms with Crippen molar-refractivity contribution in [1.29, 1.82) is 0 Å². The van der Waals surface area contributed by atoms with Crippen LogP contribution in [0.2, 0.25) is 0 Å². The molecule has 2 rings (SSSR count). The molecule has 1 aromatic heterocycles. The molecule has 0 bridgehead atoms. The maximum Gasteiger partial charge on any atom is 0.213 e. The van der Waals surface area contributed by atoms with E-state index in [4.69, 9.17) is 4.74 Å². The van der Waals surface area contributed by atoms with E-state index in [0.717, 1.165) is 0 Å². The monoisotopic (exact) mass is 208 g/mol. The molecule has 5 heteroatoms. The molecule has 0 fully saturated rings. The van der Waals surface area contributed by atoms with Crippen LogP contribution in [0.4, 0.5) is 4.39 Å². The van der Waals surface area contributed by atoms with Crippen LogP contribution in [0, 0.1) is 12.7 Å². The molecule has 0 aliphatic rings. The molecule has 0 saturated heterocycles. The topological polar surface area (TPSA) is 48.2 Å². The predicted molar refractivity (Wildman–Crippen MR) is 49.8 cm³/mol. The molecule has 0 N–H and O–H groups in total. The van der Waals surface area contributed by atoms with Crippen molar-refractivity contribution in [2.45, 2.75) is 13.5 Å². The van der Waals surface area contributed by atoms with E-state index in [1.807, 2.05) is 0 Å². The number of halogens is 1. The molecule has 0 aliphatic heterocycles. The van der Waals surface area contributed by atoms with E-state index >= 15 is 0 Å². The third-order valence-corrected chi connectivity index (χ3v) is 1.92. The number of aromatic nitrogens is 2. The fourth-order valence-electron chi connectivity index (χ4n) is 1.13. The van der Waals surface area contributed by atoms with Gasteiger partial charge in [-0.05, 0) is 18.6 Å². The van der Waals surface area contributed by atoms with Gasteiger partial charge >= 0.3 is 0 Å². The predicted octanol–water partition coefficient (Wildman–Crippen LogP) is 2.10. The van der Waals surface area contributed by atoms with E-state index in [-0.39, 0.29) is 18.2 Å². The lowest BCUT2D eigenvalue weighted by Gasteiger charge is -2.05. The first kappa shape index (κ1) is 9.64. The van der Waals surface area contributed by atoms with Crippen LogP contribution in [0.1, 0.15) is 11.4 Å². The first-order chi connectivity index (χ1) is 7.27. The lowest BCUT2D eigenvalue weighted by molar-refractivity contribution is 0.273. The number of aryl methyl sites for hydroxylation is 1. The number of hydrogen-bond acceptors (Lipinski definition) is 4. The highest BCUT2D eigenvalue weighted by Gasteiger charge is 2.07. The van der Waals surface area contributed by atoms with Crippen LogP contribution in [-0.4, -0.2) is 10.1 Å². The molecule has 0 amide bonds. The van der Waals surface area contributed by atoms with E-state index in [0.29, 0.717) is 11.4 Å². The van der Waals surface area contributed by atoms with Crippen molar-refractivity contribution in [3.05, 3.63) is 41.8 Å². The lowest BCUT2D eigenvalue weighted by Crippen LogP contribution is -1.99. The average Bonchev–Trinajstić information content (AvgIpc) is 2.73. The van der Waals surface area contributed by atoms with E-state index in [1.165, 1.54) is 6.39 Å². The number of ether oxygens (including phenoxy) is 1. The maximum absolute atomic E-state index is 13.4. The van der Waals surface area contributed by atoms with Gasteiger partial charge in [-0.25, -0.2) is 4.39 Å². The summed E-state index contributed by atoms with van der Waals surface area (Å²) in [6.07, 6.45) is 1.20. The standard InChI is InChI=1S/C10H9FN2O2/c1-7-3-2-4-8(10(7)11)14-5-9-12-6-15-13-9/h2-4,6H,5H2,1H3. The van der Waals surface area contributed by atoms with Crippen LogP contribution in [0.5, 0.6) is 5.75 Å². The molecule has 4 nitrogen and oxygen atoms in total. The van der Waals surface area contributed by atoms with Crippen LogP contribution in [0.25, 0.3) is 0 Å². The molecule has 0 aliphatic carbocycles. The van der Waals surface area contributed by atoms with Crippen molar-refractivity contribution in [2.75, 3.05) is 0 Å². The summed E-state index contributed by atoms with van der Waals surface area (Å²) in [5, 5.41) is 3.55. The Balaban J connectivity index is 2.08. The van der Waals surface area contributed by atoms with Gasteiger partial charge in [0.15, 0.2) is 18.2 Å². The van der Waals surface area contributed by atoms with Crippen molar-refractivity contribution in [3.8, 4) is 5.75 Å². The maximum atomic E-state index is 13.4. The minimum atomic E-state index is -0.360. The van der Waals surface area contributed by atoms with Crippen LogP contribution in [0.3, 0.4) is 0 Å². The Labute approximate surface area is 85.7 Å². The minimum absolute atomic E-state index is 0.0941. The summed E-state index contributed by atoms with van der Waals surface area (Å²) in [5.41, 5.74) is 0.542. The zero-order chi connectivity index (χ0) is 10.7. The average molecular weight is 208 g/mol. The summed E-state index contributed by atoms with van der Waals surface area (Å²) in [6.45, 7) is 1.77. The molecule has 0 atom stereocenters. The zero-order valence-electron chi connectivity index (χ0n) is 8.11. The second-order valence-electron chi connectivity index (χ2n) is 3.02. The Morgan fingerprint density at radius 1 is 1.47 bits per heavy atom. The Hall–Kier alpha value is -1.91. The molecule has 0 unspecified atom stereocenters. The van der Waals surface area contributed by atoms with Gasteiger partial charge in [-0.15, -0.1) is 0 Å². The molecule has 1 aromatic carbocycles. The van der Waals surface area contributed by atoms with Gasteiger partial charge in [-0.3, -0.25) is 0 Å². The highest BCUT2D eigenvalue weighted by Crippen LogP contribution is 2.20. The van der Waals surface area contributed by atoms with Crippen molar-refractivity contribution >= 4 is 0 Å². The van der Waals surface area contributed by atoms with Gasteiger partial charge in [0.05, 0.1) is 0 Å². The SMILES string of the molecule is Cc1cccc(OCc2ncon2)c1F. The van der Waals surface area contributed by atoms with Crippen molar-refractivity contribution in [3.63, 3.8) is 0 Å². The van der Waals surface area contributed by atoms with Crippen molar-refractivity contribution in [2.24, 2.45) is 0 Å². The molecule has 2 aromatic rings. The second kappa shape index (κ2) is 4.08. The third-order valence-electron chi connectivity index (χ3n) is 1.92. The Bertz CT molecular complexity index is 443. The van der Waals surface area contributed by atoms with Gasteiger partial charge in [0.1, 0.15) is 0 Å². The molecule has 15 heavy (non-hydrogen) atoms. The van der Waals surface area contributed by atoms with Crippen molar-refractivity contribution < 1.29 is 13.7 Å². The summed E-state index contributed by atoms with van der Waals surface area (Å²) in [4.78, 5) is 3.76. The van der Waals surface area contributed by atoms with E-state index in [1.54, 1.807) is 25.1 Å². The summed E-state index contributed by atoms with van der Waals surface area (Å²) in [7, 11) is 0. The van der Waals surface area contributed by atoms with Gasteiger partial charge in [0, 0.05) is 0 Å². The van der Waals surface area contributed by atoms with Gasteiger partial charge in [-0.1, -0.05) is 17.3 Å². The Morgan fingerprint density at radius 2 is 2.33 bits per heavy atom. The summed E-state index contributed by atoms with van der Waals surface area (Å²) in [5.74, 6) is 0.219. The third kappa shape index (κ3) is 2.12. The highest BCUT2D eigenvalue weighted by atomic mass is 19.1. The molecule has 78 valence electrons. The molecular formula is C10H9FN2O2. The largest absolute Gasteiger partial charge is 0.482 e. The van der Waals surface area contributed by atoms with Crippen LogP contribution in [-0.2, 0) is 6.61 Å². The summed E-state index contributed by atoms with van der Waals surface area (Å²) < 4.78 is 23.2. The van der Waals surface area contributed by atoms with Gasteiger partial charge in [0.2, 0.25) is 12.2 Å². The second-order valence-corrected chi connectivity index (χ2v) is 3.02. The fourth-order valence-corrected chi connectivity index (χ4v) is 1.13. The Kier molecular flexibility index (Phi) is 2.62. The number of nitrogens with zero attached hydrogens (tertiary/aromatic N) is 2. The molecule has 0 saturated carbocycles. The van der Waals surface area contributed by atoms with Gasteiger partial charge in [0.25, 0.3) is 0 Å². The first-order valence-electron chi connectivity index (χ1n) is 4.40. The smallest absolute Gasteiger partial charge is 0.213 e. The first-order valence-corrected chi connectivity index (χ1v) is 4.40. The fraction of sp³-hybridized carbons (Fsp3) is 0.200. The molecule has 0 radical (unpaired) electrons. The normalized spacial score (nSPS) is 10.3. The minimum Gasteiger partial charge on any atom is -0.482 e. The number of hydrogen-bond donors (Lipinski definition) is 0. The van der Waals surface area contributed by atoms with Crippen molar-refractivity contribution in [1.82, 2.24) is 10.1 Å². The van der Waals surface area contributed by atoms with E-state index < -0.39 is 0 Å². The molecule has 1 heterocycles. The zero-order valence-corrected chi connectivity index (χ0v) is 8.11. The summed E-state index contributed by atoms with van der Waals surface area (Å²) >= 11 is 0. The quantitative estimate of drug-likeness (QED) is 0.774. The molecule has 0 spiro atoms. The lowest BCUT2D eigenvalue weighted by atomic mass is 10.2. The van der Waals surface area contributed by atoms with E-state index in [2.05, 4.69) is 14.7 Å². The number of rotatable bonds is 3. The van der Waals surface area contributed by atoms with E-state index in [9.17, 15) is 4.39 Å². The van der Waals surface area contributed by atoms with Gasteiger partial charge in [-0.2, -0.15) is 4.98 Å². The highest BCUT2D eigenvalue weighted by molar-refractivity contribution is 5.30. The number of benzene rings is 1. The van der Waals surface area contributed by atoms with Crippen LogP contribution in [0.15, 0.2) is 29.1 Å².